The maximum atomic E-state index is 6.08. The first-order chi connectivity index (χ1) is 8.25. The molecule has 5 nitrogen and oxygen atoms in total. The lowest BCUT2D eigenvalue weighted by Gasteiger charge is -2.26. The molecule has 0 unspecified atom stereocenters. The summed E-state index contributed by atoms with van der Waals surface area (Å²) in [4.78, 5) is 8.23. The molecule has 0 bridgehead atoms. The van der Waals surface area contributed by atoms with Crippen molar-refractivity contribution in [2.24, 2.45) is 5.92 Å². The van der Waals surface area contributed by atoms with Crippen LogP contribution in [-0.2, 0) is 0 Å². The van der Waals surface area contributed by atoms with Crippen LogP contribution in [0.4, 0.5) is 5.82 Å². The summed E-state index contributed by atoms with van der Waals surface area (Å²) in [6.45, 7) is 2.91. The number of fused-ring (bicyclic) bond motifs is 1. The van der Waals surface area contributed by atoms with Crippen LogP contribution >= 0.6 is 11.6 Å². The number of aromatic nitrogens is 4. The van der Waals surface area contributed by atoms with Gasteiger partial charge in [0.05, 0.1) is 0 Å². The minimum Gasteiger partial charge on any atom is -0.369 e. The minimum atomic E-state index is 0.488. The van der Waals surface area contributed by atoms with Gasteiger partial charge in [0.2, 0.25) is 0 Å². The summed E-state index contributed by atoms with van der Waals surface area (Å²) in [6, 6.07) is 0. The predicted octanol–water partition coefficient (Wildman–Crippen LogP) is 2.30. The molecule has 3 rings (SSSR count). The number of hydrogen-bond donors (Lipinski definition) is 1. The highest BCUT2D eigenvalue weighted by Crippen LogP contribution is 2.28. The average molecular weight is 252 g/mol. The second-order valence-corrected chi connectivity index (χ2v) is 4.88. The molecule has 0 radical (unpaired) electrons. The van der Waals surface area contributed by atoms with Crippen LogP contribution in [-0.4, -0.2) is 26.1 Å². The van der Waals surface area contributed by atoms with E-state index < -0.39 is 0 Å². The molecule has 1 aliphatic carbocycles. The fourth-order valence-electron chi connectivity index (χ4n) is 2.04. The van der Waals surface area contributed by atoms with Crippen LogP contribution in [0.5, 0.6) is 0 Å². The normalized spacial score (nSPS) is 16.1. The maximum Gasteiger partial charge on any atom is 0.255 e. The van der Waals surface area contributed by atoms with E-state index in [4.69, 9.17) is 11.6 Å². The van der Waals surface area contributed by atoms with E-state index in [1.54, 1.807) is 4.52 Å². The van der Waals surface area contributed by atoms with Gasteiger partial charge in [-0.2, -0.15) is 19.6 Å². The van der Waals surface area contributed by atoms with Gasteiger partial charge in [-0.15, -0.1) is 0 Å². The van der Waals surface area contributed by atoms with Gasteiger partial charge in [-0.25, -0.2) is 0 Å². The van der Waals surface area contributed by atoms with Gasteiger partial charge < -0.3 is 5.32 Å². The van der Waals surface area contributed by atoms with Crippen molar-refractivity contribution in [3.05, 3.63) is 17.0 Å². The largest absolute Gasteiger partial charge is 0.369 e. The zero-order chi connectivity index (χ0) is 11.8. The number of nitrogens with one attached hydrogen (secondary N) is 1. The second kappa shape index (κ2) is 4.14. The molecule has 2 aromatic heterocycles. The first-order valence-corrected chi connectivity index (χ1v) is 6.23. The predicted molar refractivity (Wildman–Crippen MR) is 66.4 cm³/mol. The lowest BCUT2D eigenvalue weighted by Crippen LogP contribution is -2.22. The molecule has 0 atom stereocenters. The second-order valence-electron chi connectivity index (χ2n) is 4.53. The summed E-state index contributed by atoms with van der Waals surface area (Å²) < 4.78 is 1.71. The van der Waals surface area contributed by atoms with Crippen LogP contribution in [0.3, 0.4) is 0 Å². The zero-order valence-electron chi connectivity index (χ0n) is 9.65. The van der Waals surface area contributed by atoms with Crippen molar-refractivity contribution in [3.8, 4) is 0 Å². The lowest BCUT2D eigenvalue weighted by molar-refractivity contribution is 0.333. The molecule has 1 saturated carbocycles. The Hall–Kier alpha value is -1.36. The fraction of sp³-hybridized carbons (Fsp3) is 0.545. The SMILES string of the molecule is Cc1c(Cl)nc2ncnn2c1NCC1CCC1. The molecule has 0 aromatic carbocycles. The van der Waals surface area contributed by atoms with Gasteiger partial charge >= 0.3 is 0 Å². The molecule has 0 saturated heterocycles. The van der Waals surface area contributed by atoms with Crippen molar-refractivity contribution in [2.75, 3.05) is 11.9 Å². The van der Waals surface area contributed by atoms with E-state index in [9.17, 15) is 0 Å². The fourth-order valence-corrected chi connectivity index (χ4v) is 2.21. The first-order valence-electron chi connectivity index (χ1n) is 5.85. The summed E-state index contributed by atoms with van der Waals surface area (Å²) in [5, 5.41) is 8.07. The Labute approximate surface area is 104 Å². The number of hydrogen-bond acceptors (Lipinski definition) is 4. The molecule has 1 aliphatic rings. The standard InChI is InChI=1S/C11H14ClN5/c1-7-9(12)16-11-14-6-15-17(11)10(7)13-5-8-3-2-4-8/h6,8,13H,2-5H2,1H3. The van der Waals surface area contributed by atoms with Gasteiger partial charge in [-0.1, -0.05) is 18.0 Å². The van der Waals surface area contributed by atoms with Gasteiger partial charge in [-0.05, 0) is 25.7 Å². The number of halogens is 1. The smallest absolute Gasteiger partial charge is 0.255 e. The quantitative estimate of drug-likeness (QED) is 0.851. The Kier molecular flexibility index (Phi) is 2.63. The average Bonchev–Trinajstić information content (AvgIpc) is 2.68. The summed E-state index contributed by atoms with van der Waals surface area (Å²) in [5.41, 5.74) is 0.920. The third-order valence-corrected chi connectivity index (χ3v) is 3.76. The van der Waals surface area contributed by atoms with E-state index in [0.29, 0.717) is 10.9 Å². The molecule has 1 fully saturated rings. The van der Waals surface area contributed by atoms with Crippen molar-refractivity contribution in [2.45, 2.75) is 26.2 Å². The first kappa shape index (κ1) is 10.8. The number of anilines is 1. The van der Waals surface area contributed by atoms with E-state index in [-0.39, 0.29) is 0 Å². The molecule has 2 heterocycles. The Morgan fingerprint density at radius 3 is 3.06 bits per heavy atom. The molecule has 90 valence electrons. The summed E-state index contributed by atoms with van der Waals surface area (Å²) in [5.74, 6) is 2.22. The van der Waals surface area contributed by atoms with Crippen molar-refractivity contribution in [3.63, 3.8) is 0 Å². The lowest BCUT2D eigenvalue weighted by atomic mass is 9.85. The van der Waals surface area contributed by atoms with Crippen LogP contribution in [0.15, 0.2) is 6.33 Å². The Morgan fingerprint density at radius 2 is 2.35 bits per heavy atom. The van der Waals surface area contributed by atoms with Gasteiger partial charge in [0.15, 0.2) is 0 Å². The van der Waals surface area contributed by atoms with E-state index in [2.05, 4.69) is 20.4 Å². The van der Waals surface area contributed by atoms with Gasteiger partial charge in [0.1, 0.15) is 17.3 Å². The van der Waals surface area contributed by atoms with Crippen LogP contribution < -0.4 is 5.32 Å². The van der Waals surface area contributed by atoms with Gasteiger partial charge in [0.25, 0.3) is 5.78 Å². The van der Waals surface area contributed by atoms with Gasteiger partial charge in [-0.3, -0.25) is 0 Å². The third-order valence-electron chi connectivity index (χ3n) is 3.39. The molecule has 6 heteroatoms. The third kappa shape index (κ3) is 1.84. The number of rotatable bonds is 3. The summed E-state index contributed by atoms with van der Waals surface area (Å²) >= 11 is 6.08. The van der Waals surface area contributed by atoms with E-state index >= 15 is 0 Å². The minimum absolute atomic E-state index is 0.488. The van der Waals surface area contributed by atoms with Crippen LogP contribution in [0, 0.1) is 12.8 Å². The molecule has 0 spiro atoms. The summed E-state index contributed by atoms with van der Waals surface area (Å²) in [7, 11) is 0. The molecular formula is C11H14ClN5. The molecule has 0 amide bonds. The molecular weight excluding hydrogens is 238 g/mol. The molecule has 17 heavy (non-hydrogen) atoms. The maximum absolute atomic E-state index is 6.08. The monoisotopic (exact) mass is 251 g/mol. The molecule has 0 aliphatic heterocycles. The Morgan fingerprint density at radius 1 is 1.53 bits per heavy atom. The Balaban J connectivity index is 1.94. The highest BCUT2D eigenvalue weighted by Gasteiger charge is 2.19. The van der Waals surface area contributed by atoms with Crippen molar-refractivity contribution in [1.29, 1.82) is 0 Å². The van der Waals surface area contributed by atoms with Crippen molar-refractivity contribution >= 4 is 23.2 Å². The van der Waals surface area contributed by atoms with E-state index in [1.165, 1.54) is 25.6 Å². The molecule has 1 N–H and O–H groups in total. The highest BCUT2D eigenvalue weighted by molar-refractivity contribution is 6.30. The van der Waals surface area contributed by atoms with Crippen molar-refractivity contribution < 1.29 is 0 Å². The van der Waals surface area contributed by atoms with E-state index in [1.807, 2.05) is 6.92 Å². The van der Waals surface area contributed by atoms with Crippen LogP contribution in [0.25, 0.3) is 5.78 Å². The van der Waals surface area contributed by atoms with Crippen LogP contribution in [0.1, 0.15) is 24.8 Å². The summed E-state index contributed by atoms with van der Waals surface area (Å²) in [6.07, 6.45) is 5.46. The van der Waals surface area contributed by atoms with E-state index in [0.717, 1.165) is 23.8 Å². The van der Waals surface area contributed by atoms with Gasteiger partial charge in [0, 0.05) is 12.1 Å². The Bertz CT molecular complexity index is 546. The topological polar surface area (TPSA) is 55.1 Å². The zero-order valence-corrected chi connectivity index (χ0v) is 10.4. The molecule has 2 aromatic rings. The number of nitrogens with zero attached hydrogens (tertiary/aromatic N) is 4. The highest BCUT2D eigenvalue weighted by atomic mass is 35.5. The van der Waals surface area contributed by atoms with Crippen molar-refractivity contribution in [1.82, 2.24) is 19.6 Å². The van der Waals surface area contributed by atoms with Crippen LogP contribution in [0.2, 0.25) is 5.15 Å².